The van der Waals surface area contributed by atoms with Gasteiger partial charge in [-0.05, 0) is 31.2 Å². The molecule has 2 rings (SSSR count). The number of halogens is 1. The first-order valence-corrected chi connectivity index (χ1v) is 7.13. The summed E-state index contributed by atoms with van der Waals surface area (Å²) in [5.74, 6) is 0.124. The van der Waals surface area contributed by atoms with E-state index in [4.69, 9.17) is 5.73 Å². The summed E-state index contributed by atoms with van der Waals surface area (Å²) < 4.78 is 0.962. The van der Waals surface area contributed by atoms with Crippen molar-refractivity contribution in [3.63, 3.8) is 0 Å². The summed E-state index contributed by atoms with van der Waals surface area (Å²) in [6.07, 6.45) is 0. The van der Waals surface area contributed by atoms with Gasteiger partial charge >= 0.3 is 0 Å². The fourth-order valence-corrected chi connectivity index (χ4v) is 2.30. The summed E-state index contributed by atoms with van der Waals surface area (Å²) >= 11 is 4.58. The Bertz CT molecular complexity index is 571. The Morgan fingerprint density at radius 3 is 2.74 bits per heavy atom. The summed E-state index contributed by atoms with van der Waals surface area (Å²) in [5.41, 5.74) is 6.17. The average molecular weight is 342 g/mol. The third-order valence-electron chi connectivity index (χ3n) is 2.25. The van der Waals surface area contributed by atoms with Crippen LogP contribution in [0, 0.1) is 0 Å². The summed E-state index contributed by atoms with van der Waals surface area (Å²) in [6, 6.07) is 7.38. The highest BCUT2D eigenvalue weighted by Gasteiger charge is 2.16. The molecule has 1 atom stereocenters. The van der Waals surface area contributed by atoms with Gasteiger partial charge in [0, 0.05) is 10.2 Å². The van der Waals surface area contributed by atoms with Gasteiger partial charge in [0.1, 0.15) is 0 Å². The maximum absolute atomic E-state index is 12.0. The van der Waals surface area contributed by atoms with Crippen molar-refractivity contribution in [2.45, 2.75) is 17.3 Å². The lowest BCUT2D eigenvalue weighted by Crippen LogP contribution is -2.22. The Morgan fingerprint density at radius 2 is 2.16 bits per heavy atom. The van der Waals surface area contributed by atoms with Crippen molar-refractivity contribution < 1.29 is 4.79 Å². The molecule has 2 aromatic rings. The van der Waals surface area contributed by atoms with Crippen molar-refractivity contribution in [2.75, 3.05) is 11.1 Å². The number of hydrogen-bond acceptors (Lipinski definition) is 5. The zero-order valence-corrected chi connectivity index (χ0v) is 12.5. The molecule has 6 nitrogen and oxygen atoms in total. The topological polar surface area (TPSA) is 96.7 Å². The van der Waals surface area contributed by atoms with Crippen molar-refractivity contribution in [1.82, 2.24) is 15.2 Å². The second-order valence-electron chi connectivity index (χ2n) is 3.76. The van der Waals surface area contributed by atoms with Crippen LogP contribution in [-0.4, -0.2) is 26.3 Å². The van der Waals surface area contributed by atoms with Crippen molar-refractivity contribution in [1.29, 1.82) is 0 Å². The van der Waals surface area contributed by atoms with Crippen LogP contribution in [0.4, 0.5) is 11.6 Å². The second kappa shape index (κ2) is 6.07. The number of nitrogens with one attached hydrogen (secondary N) is 2. The van der Waals surface area contributed by atoms with E-state index < -0.39 is 0 Å². The van der Waals surface area contributed by atoms with Crippen molar-refractivity contribution in [2.24, 2.45) is 0 Å². The molecule has 8 heteroatoms. The first-order chi connectivity index (χ1) is 9.04. The number of benzene rings is 1. The molecule has 0 radical (unpaired) electrons. The van der Waals surface area contributed by atoms with Crippen molar-refractivity contribution >= 4 is 45.2 Å². The first-order valence-electron chi connectivity index (χ1n) is 5.45. The number of aromatic amines is 1. The third-order valence-corrected chi connectivity index (χ3v) is 3.74. The molecule has 0 fully saturated rings. The van der Waals surface area contributed by atoms with Gasteiger partial charge in [0.15, 0.2) is 0 Å². The first kappa shape index (κ1) is 13.9. The Balaban J connectivity index is 1.94. The molecular weight excluding hydrogens is 330 g/mol. The Hall–Kier alpha value is -1.54. The minimum absolute atomic E-state index is 0.115. The van der Waals surface area contributed by atoms with Crippen LogP contribution in [0.2, 0.25) is 0 Å². The molecular formula is C11H12BrN5OS. The molecule has 1 amide bonds. The predicted octanol–water partition coefficient (Wildman–Crippen LogP) is 2.27. The number of H-pyrrole nitrogens is 1. The summed E-state index contributed by atoms with van der Waals surface area (Å²) in [7, 11) is 0. The molecule has 4 N–H and O–H groups in total. The number of hydrogen-bond donors (Lipinski definition) is 3. The van der Waals surface area contributed by atoms with E-state index in [1.54, 1.807) is 6.92 Å². The van der Waals surface area contributed by atoms with Gasteiger partial charge in [-0.1, -0.05) is 27.7 Å². The average Bonchev–Trinajstić information content (AvgIpc) is 2.77. The van der Waals surface area contributed by atoms with E-state index in [-0.39, 0.29) is 17.1 Å². The van der Waals surface area contributed by atoms with E-state index >= 15 is 0 Å². The predicted molar refractivity (Wildman–Crippen MR) is 78.9 cm³/mol. The van der Waals surface area contributed by atoms with Gasteiger partial charge in [0.2, 0.25) is 17.0 Å². The van der Waals surface area contributed by atoms with Crippen LogP contribution < -0.4 is 11.1 Å². The van der Waals surface area contributed by atoms with Gasteiger partial charge in [-0.2, -0.15) is 4.98 Å². The number of carbonyl (C=O) groups is 1. The molecule has 1 unspecified atom stereocenters. The highest BCUT2D eigenvalue weighted by molar-refractivity contribution is 9.10. The number of amides is 1. The van der Waals surface area contributed by atoms with Gasteiger partial charge in [-0.15, -0.1) is 5.10 Å². The van der Waals surface area contributed by atoms with Crippen LogP contribution in [0.1, 0.15) is 6.92 Å². The number of aromatic nitrogens is 3. The third kappa shape index (κ3) is 3.97. The quantitative estimate of drug-likeness (QED) is 0.741. The lowest BCUT2D eigenvalue weighted by Gasteiger charge is -2.10. The molecule has 0 aliphatic rings. The normalized spacial score (nSPS) is 12.1. The summed E-state index contributed by atoms with van der Waals surface area (Å²) in [4.78, 5) is 15.9. The Kier molecular flexibility index (Phi) is 4.43. The molecule has 0 spiro atoms. The number of anilines is 2. The number of nitrogens with zero attached hydrogens (tertiary/aromatic N) is 2. The molecule has 1 heterocycles. The smallest absolute Gasteiger partial charge is 0.237 e. The summed E-state index contributed by atoms with van der Waals surface area (Å²) in [6.45, 7) is 1.78. The zero-order chi connectivity index (χ0) is 13.8. The Morgan fingerprint density at radius 1 is 1.47 bits per heavy atom. The van der Waals surface area contributed by atoms with Crippen LogP contribution >= 0.6 is 27.7 Å². The molecule has 0 aliphatic carbocycles. The standard InChI is InChI=1S/C11H12BrN5OS/c1-6(19-11-15-10(13)16-17-11)9(18)14-8-4-2-7(12)3-5-8/h2-6H,1H3,(H,14,18)(H3,13,15,16,17). The Labute approximate surface area is 122 Å². The van der Waals surface area contributed by atoms with E-state index in [0.29, 0.717) is 5.16 Å². The van der Waals surface area contributed by atoms with E-state index in [0.717, 1.165) is 10.2 Å². The number of carbonyl (C=O) groups excluding carboxylic acids is 1. The van der Waals surface area contributed by atoms with E-state index in [9.17, 15) is 4.79 Å². The van der Waals surface area contributed by atoms with Crippen LogP contribution in [0.15, 0.2) is 33.9 Å². The molecule has 0 bridgehead atoms. The minimum Gasteiger partial charge on any atom is -0.368 e. The molecule has 0 saturated heterocycles. The molecule has 1 aromatic carbocycles. The van der Waals surface area contributed by atoms with Crippen LogP contribution in [-0.2, 0) is 4.79 Å². The van der Waals surface area contributed by atoms with Gasteiger partial charge in [-0.25, -0.2) is 5.10 Å². The molecule has 0 aliphatic heterocycles. The summed E-state index contributed by atoms with van der Waals surface area (Å²) in [5, 5.41) is 9.35. The SMILES string of the molecule is CC(Sc1n[nH]c(N)n1)C(=O)Nc1ccc(Br)cc1. The van der Waals surface area contributed by atoms with Gasteiger partial charge < -0.3 is 11.1 Å². The number of rotatable bonds is 4. The second-order valence-corrected chi connectivity index (χ2v) is 5.98. The number of thioether (sulfide) groups is 1. The van der Waals surface area contributed by atoms with Crippen LogP contribution in [0.5, 0.6) is 0 Å². The van der Waals surface area contributed by atoms with Gasteiger partial charge in [-0.3, -0.25) is 4.79 Å². The van der Waals surface area contributed by atoms with Crippen LogP contribution in [0.3, 0.4) is 0 Å². The van der Waals surface area contributed by atoms with Gasteiger partial charge in [0.25, 0.3) is 0 Å². The lowest BCUT2D eigenvalue weighted by atomic mass is 10.3. The maximum Gasteiger partial charge on any atom is 0.237 e. The highest BCUT2D eigenvalue weighted by Crippen LogP contribution is 2.21. The van der Waals surface area contributed by atoms with Gasteiger partial charge in [0.05, 0.1) is 5.25 Å². The molecule has 100 valence electrons. The molecule has 19 heavy (non-hydrogen) atoms. The molecule has 0 saturated carbocycles. The maximum atomic E-state index is 12.0. The monoisotopic (exact) mass is 341 g/mol. The highest BCUT2D eigenvalue weighted by atomic mass is 79.9. The fourth-order valence-electron chi connectivity index (χ4n) is 1.30. The fraction of sp³-hybridized carbons (Fsp3) is 0.182. The largest absolute Gasteiger partial charge is 0.368 e. The lowest BCUT2D eigenvalue weighted by molar-refractivity contribution is -0.115. The van der Waals surface area contributed by atoms with Crippen LogP contribution in [0.25, 0.3) is 0 Å². The molecule has 1 aromatic heterocycles. The zero-order valence-electron chi connectivity index (χ0n) is 10.1. The number of nitrogen functional groups attached to an aromatic ring is 1. The van der Waals surface area contributed by atoms with E-state index in [1.165, 1.54) is 11.8 Å². The minimum atomic E-state index is -0.321. The number of nitrogens with two attached hydrogens (primary N) is 1. The van der Waals surface area contributed by atoms with E-state index in [1.807, 2.05) is 24.3 Å². The van der Waals surface area contributed by atoms with Crippen molar-refractivity contribution in [3.8, 4) is 0 Å². The van der Waals surface area contributed by atoms with Crippen molar-refractivity contribution in [3.05, 3.63) is 28.7 Å². The van der Waals surface area contributed by atoms with E-state index in [2.05, 4.69) is 36.4 Å².